The Morgan fingerprint density at radius 3 is 2.54 bits per heavy atom. The summed E-state index contributed by atoms with van der Waals surface area (Å²) >= 11 is 0. The molecule has 0 unspecified atom stereocenters. The first kappa shape index (κ1) is 25.1. The maximum absolute atomic E-state index is 14.6. The van der Waals surface area contributed by atoms with Gasteiger partial charge in [-0.2, -0.15) is 5.10 Å². The number of hydrogen-bond acceptors (Lipinski definition) is 5. The molecule has 3 aromatic heterocycles. The molecule has 0 radical (unpaired) electrons. The zero-order chi connectivity index (χ0) is 23.9. The van der Waals surface area contributed by atoms with Crippen molar-refractivity contribution in [2.45, 2.75) is 6.92 Å². The van der Waals surface area contributed by atoms with Gasteiger partial charge in [-0.1, -0.05) is 37.3 Å². The quantitative estimate of drug-likeness (QED) is 0.334. The minimum Gasteiger partial charge on any atom is -0.421 e. The van der Waals surface area contributed by atoms with E-state index in [9.17, 15) is 12.8 Å². The molecule has 35 heavy (non-hydrogen) atoms. The minimum absolute atomic E-state index is 0. The molecule has 3 heterocycles. The second kappa shape index (κ2) is 9.90. The van der Waals surface area contributed by atoms with E-state index >= 15 is 0 Å². The van der Waals surface area contributed by atoms with Gasteiger partial charge >= 0.3 is 29.6 Å². The van der Waals surface area contributed by atoms with Crippen LogP contribution in [-0.2, 0) is 17.1 Å². The van der Waals surface area contributed by atoms with Crippen LogP contribution in [0.1, 0.15) is 6.92 Å². The van der Waals surface area contributed by atoms with Gasteiger partial charge in [-0.15, -0.1) is 0 Å². The third-order valence-corrected chi connectivity index (χ3v) is 6.61. The van der Waals surface area contributed by atoms with Crippen molar-refractivity contribution in [3.8, 4) is 28.1 Å². The topological polar surface area (TPSA) is 96.8 Å². The molecule has 5 rings (SSSR count). The standard InChI is InChI=1S/C24H20FN6O2S.Na/c1-3-34(32,33)29-23-11-17(19-6-4-5-7-20(19)25)12-24(28-23)31-15-26-21-10-16(8-9-22(21)31)18-13-27-30(2)14-18;/h4-15H,3H2,1-2H3;/q-1;+1. The molecule has 0 saturated heterocycles. The number of aryl methyl sites for hydroxylation is 1. The number of rotatable bonds is 6. The molecule has 0 saturated carbocycles. The number of hydrogen-bond donors (Lipinski definition) is 0. The van der Waals surface area contributed by atoms with Gasteiger partial charge in [0.25, 0.3) is 0 Å². The van der Waals surface area contributed by atoms with Crippen LogP contribution in [0.3, 0.4) is 0 Å². The monoisotopic (exact) mass is 498 g/mol. The third kappa shape index (κ3) is 5.15. The molecular formula is C24H20FN6NaO2S. The zero-order valence-corrected chi connectivity index (χ0v) is 22.2. The number of pyridine rings is 1. The Morgan fingerprint density at radius 1 is 1.03 bits per heavy atom. The van der Waals surface area contributed by atoms with Gasteiger partial charge in [-0.25, -0.2) is 17.8 Å². The molecule has 0 N–H and O–H groups in total. The summed E-state index contributed by atoms with van der Waals surface area (Å²) in [7, 11) is -1.85. The van der Waals surface area contributed by atoms with Crippen molar-refractivity contribution < 1.29 is 42.4 Å². The van der Waals surface area contributed by atoms with Crippen LogP contribution in [0.15, 0.2) is 73.3 Å². The summed E-state index contributed by atoms with van der Waals surface area (Å²) in [5.41, 5.74) is 4.18. The van der Waals surface area contributed by atoms with Crippen molar-refractivity contribution >= 4 is 26.9 Å². The van der Waals surface area contributed by atoms with Gasteiger partial charge < -0.3 is 14.3 Å². The van der Waals surface area contributed by atoms with E-state index in [1.54, 1.807) is 46.0 Å². The predicted octanol–water partition coefficient (Wildman–Crippen LogP) is 1.99. The molecule has 0 aliphatic carbocycles. The van der Waals surface area contributed by atoms with Crippen LogP contribution < -0.4 is 29.6 Å². The predicted molar refractivity (Wildman–Crippen MR) is 129 cm³/mol. The zero-order valence-electron chi connectivity index (χ0n) is 19.4. The van der Waals surface area contributed by atoms with E-state index in [4.69, 9.17) is 0 Å². The van der Waals surface area contributed by atoms with Crippen LogP contribution in [0.4, 0.5) is 10.2 Å². The molecule has 8 nitrogen and oxygen atoms in total. The van der Waals surface area contributed by atoms with Crippen LogP contribution in [-0.4, -0.2) is 38.5 Å². The molecule has 0 atom stereocenters. The molecule has 0 spiro atoms. The number of benzene rings is 2. The van der Waals surface area contributed by atoms with Gasteiger partial charge in [0.1, 0.15) is 12.1 Å². The van der Waals surface area contributed by atoms with Crippen LogP contribution in [0.5, 0.6) is 0 Å². The van der Waals surface area contributed by atoms with Crippen molar-refractivity contribution in [1.29, 1.82) is 0 Å². The average molecular weight is 499 g/mol. The fourth-order valence-corrected chi connectivity index (χ4v) is 4.18. The molecular weight excluding hydrogens is 478 g/mol. The van der Waals surface area contributed by atoms with E-state index < -0.39 is 15.8 Å². The first-order valence-electron chi connectivity index (χ1n) is 10.5. The molecule has 0 amide bonds. The Kier molecular flexibility index (Phi) is 7.09. The summed E-state index contributed by atoms with van der Waals surface area (Å²) in [5, 5.41) is 4.21. The minimum atomic E-state index is -3.71. The van der Waals surface area contributed by atoms with Gasteiger partial charge in [0.05, 0.1) is 17.2 Å². The third-order valence-electron chi connectivity index (χ3n) is 5.41. The van der Waals surface area contributed by atoms with Gasteiger partial charge in [-0.05, 0) is 41.2 Å². The molecule has 11 heteroatoms. The molecule has 5 aromatic rings. The van der Waals surface area contributed by atoms with E-state index in [0.717, 1.165) is 22.2 Å². The number of aromatic nitrogens is 5. The average Bonchev–Trinajstić information content (AvgIpc) is 3.44. The van der Waals surface area contributed by atoms with Gasteiger partial charge in [0, 0.05) is 35.9 Å². The fourth-order valence-electron chi connectivity index (χ4n) is 3.67. The Hall–Kier alpha value is -3.05. The SMILES string of the molecule is CCS(=O)(=O)[N-]c1cc(-c2ccccc2F)cc(-n2cnc3cc(-c4cnn(C)c4)ccc32)n1.[Na+]. The molecule has 0 fully saturated rings. The number of sulfonamides is 1. The maximum Gasteiger partial charge on any atom is 1.00 e. The van der Waals surface area contributed by atoms with Gasteiger partial charge in [0.2, 0.25) is 0 Å². The maximum atomic E-state index is 14.6. The first-order valence-corrected chi connectivity index (χ1v) is 12.1. The van der Waals surface area contributed by atoms with Crippen molar-refractivity contribution in [2.75, 3.05) is 5.75 Å². The van der Waals surface area contributed by atoms with Crippen LogP contribution >= 0.6 is 0 Å². The summed E-state index contributed by atoms with van der Waals surface area (Å²) in [5.74, 6) is -0.242. The summed E-state index contributed by atoms with van der Waals surface area (Å²) in [4.78, 5) is 8.94. The van der Waals surface area contributed by atoms with E-state index in [2.05, 4.69) is 19.8 Å². The van der Waals surface area contributed by atoms with Crippen molar-refractivity contribution in [3.63, 3.8) is 0 Å². The number of halogens is 1. The summed E-state index contributed by atoms with van der Waals surface area (Å²) in [6.07, 6.45) is 5.29. The van der Waals surface area contributed by atoms with E-state index in [1.807, 2.05) is 31.4 Å². The Morgan fingerprint density at radius 2 is 1.83 bits per heavy atom. The fraction of sp³-hybridized carbons (Fsp3) is 0.125. The van der Waals surface area contributed by atoms with Crippen molar-refractivity contribution in [1.82, 2.24) is 24.3 Å². The smallest absolute Gasteiger partial charge is 0.421 e. The molecule has 0 aliphatic heterocycles. The molecule has 2 aromatic carbocycles. The first-order chi connectivity index (χ1) is 16.3. The molecule has 0 bridgehead atoms. The second-order valence-corrected chi connectivity index (χ2v) is 9.66. The number of imidazole rings is 1. The normalized spacial score (nSPS) is 11.4. The Balaban J connectivity index is 0.00000289. The van der Waals surface area contributed by atoms with Crippen LogP contribution in [0.2, 0.25) is 0 Å². The number of fused-ring (bicyclic) bond motifs is 1. The summed E-state index contributed by atoms with van der Waals surface area (Å²) in [6.45, 7) is 1.50. The Bertz CT molecular complexity index is 1630. The van der Waals surface area contributed by atoms with Crippen LogP contribution in [0.25, 0.3) is 43.8 Å². The molecule has 0 aliphatic rings. The Labute approximate surface area is 224 Å². The number of nitrogens with zero attached hydrogens (tertiary/aromatic N) is 6. The second-order valence-electron chi connectivity index (χ2n) is 7.73. The molecule has 172 valence electrons. The van der Waals surface area contributed by atoms with Gasteiger partial charge in [0.15, 0.2) is 10.0 Å². The van der Waals surface area contributed by atoms with Crippen molar-refractivity contribution in [2.24, 2.45) is 7.05 Å². The van der Waals surface area contributed by atoms with E-state index in [0.29, 0.717) is 16.9 Å². The van der Waals surface area contributed by atoms with Crippen molar-refractivity contribution in [3.05, 3.63) is 83.9 Å². The van der Waals surface area contributed by atoms with E-state index in [1.165, 1.54) is 19.1 Å². The van der Waals surface area contributed by atoms with Crippen LogP contribution in [0, 0.1) is 5.82 Å². The van der Waals surface area contributed by atoms with E-state index in [-0.39, 0.29) is 41.1 Å². The largest absolute Gasteiger partial charge is 1.00 e. The summed E-state index contributed by atoms with van der Waals surface area (Å²) in [6, 6.07) is 15.2. The summed E-state index contributed by atoms with van der Waals surface area (Å²) < 4.78 is 46.2. The van der Waals surface area contributed by atoms with Gasteiger partial charge in [-0.3, -0.25) is 4.68 Å².